The van der Waals surface area contributed by atoms with Crippen LogP contribution in [0.2, 0.25) is 0 Å². The third-order valence-corrected chi connectivity index (χ3v) is 5.91. The molecule has 0 saturated carbocycles. The lowest BCUT2D eigenvalue weighted by atomic mass is 10.0. The number of aromatic hydroxyl groups is 1. The Labute approximate surface area is 179 Å². The van der Waals surface area contributed by atoms with Crippen LogP contribution in [0.3, 0.4) is 0 Å². The molecule has 31 heavy (non-hydrogen) atoms. The summed E-state index contributed by atoms with van der Waals surface area (Å²) in [5, 5.41) is 29.8. The van der Waals surface area contributed by atoms with E-state index in [4.69, 9.17) is 5.11 Å². The van der Waals surface area contributed by atoms with Crippen molar-refractivity contribution in [3.05, 3.63) is 81.7 Å². The van der Waals surface area contributed by atoms with E-state index in [0.717, 1.165) is 17.4 Å². The van der Waals surface area contributed by atoms with Crippen molar-refractivity contribution in [1.82, 2.24) is 4.98 Å². The fourth-order valence-electron chi connectivity index (χ4n) is 3.39. The summed E-state index contributed by atoms with van der Waals surface area (Å²) in [6.07, 6.45) is 3.87. The number of carbonyl (C=O) groups is 3. The summed E-state index contributed by atoms with van der Waals surface area (Å²) in [5.74, 6) is -3.25. The third-order valence-electron chi connectivity index (χ3n) is 4.74. The first kappa shape index (κ1) is 20.1. The van der Waals surface area contributed by atoms with E-state index >= 15 is 0 Å². The number of fused-ring (bicyclic) bond motifs is 1. The molecule has 0 spiro atoms. The molecule has 0 amide bonds. The van der Waals surface area contributed by atoms with Gasteiger partial charge in [-0.1, -0.05) is 48.5 Å². The van der Waals surface area contributed by atoms with Crippen molar-refractivity contribution in [2.75, 3.05) is 0 Å². The lowest BCUT2D eigenvalue weighted by molar-refractivity contribution is -0.131. The minimum Gasteiger partial charge on any atom is -0.506 e. The van der Waals surface area contributed by atoms with Gasteiger partial charge in [-0.15, -0.1) is 11.3 Å². The van der Waals surface area contributed by atoms with E-state index in [1.165, 1.54) is 12.3 Å². The summed E-state index contributed by atoms with van der Waals surface area (Å²) in [6, 6.07) is 13.6. The van der Waals surface area contributed by atoms with Crippen molar-refractivity contribution in [3.8, 4) is 16.9 Å². The number of aromatic amines is 1. The number of aliphatic carboxylic acids is 1. The first-order valence-corrected chi connectivity index (χ1v) is 9.90. The van der Waals surface area contributed by atoms with Gasteiger partial charge in [0, 0.05) is 28.8 Å². The fourth-order valence-corrected chi connectivity index (χ4v) is 4.40. The van der Waals surface area contributed by atoms with Crippen LogP contribution in [0.4, 0.5) is 0 Å². The molecule has 0 aliphatic rings. The molecule has 0 unspecified atom stereocenters. The zero-order valence-corrected chi connectivity index (χ0v) is 16.6. The van der Waals surface area contributed by atoms with Gasteiger partial charge in [-0.2, -0.15) is 0 Å². The molecule has 0 atom stereocenters. The first-order chi connectivity index (χ1) is 14.9. The minimum absolute atomic E-state index is 0.0800. The summed E-state index contributed by atoms with van der Waals surface area (Å²) >= 11 is 0.718. The third kappa shape index (κ3) is 3.60. The molecule has 2 heterocycles. The second-order valence-electron chi connectivity index (χ2n) is 6.63. The van der Waals surface area contributed by atoms with Gasteiger partial charge in [-0.05, 0) is 17.2 Å². The quantitative estimate of drug-likeness (QED) is 0.259. The Kier molecular flexibility index (Phi) is 5.14. The van der Waals surface area contributed by atoms with Crippen LogP contribution in [0.5, 0.6) is 5.75 Å². The van der Waals surface area contributed by atoms with Crippen LogP contribution in [-0.2, 0) is 4.79 Å². The van der Waals surface area contributed by atoms with Crippen LogP contribution in [0, 0.1) is 0 Å². The molecule has 2 aromatic carbocycles. The Balaban J connectivity index is 1.84. The van der Waals surface area contributed by atoms with Gasteiger partial charge in [0.15, 0.2) is 0 Å². The Morgan fingerprint density at radius 1 is 0.935 bits per heavy atom. The molecule has 4 rings (SSSR count). The topological polar surface area (TPSA) is 128 Å². The number of carbonyl (C=O) groups excluding carboxylic acids is 1. The van der Waals surface area contributed by atoms with Crippen molar-refractivity contribution in [2.24, 2.45) is 0 Å². The highest BCUT2D eigenvalue weighted by atomic mass is 32.1. The highest BCUT2D eigenvalue weighted by Gasteiger charge is 2.28. The van der Waals surface area contributed by atoms with Gasteiger partial charge in [-0.25, -0.2) is 9.59 Å². The number of hydrogen-bond acceptors (Lipinski definition) is 5. The smallest absolute Gasteiger partial charge is 0.346 e. The summed E-state index contributed by atoms with van der Waals surface area (Å²) < 4.78 is 0. The number of carboxylic acid groups (broad SMARTS) is 2. The van der Waals surface area contributed by atoms with Crippen LogP contribution < -0.4 is 0 Å². The molecule has 4 N–H and O–H groups in total. The maximum Gasteiger partial charge on any atom is 0.346 e. The average Bonchev–Trinajstić information content (AvgIpc) is 3.34. The number of aromatic nitrogens is 1. The van der Waals surface area contributed by atoms with Crippen LogP contribution in [0.1, 0.15) is 30.5 Å². The molecular weight excluding hydrogens is 418 g/mol. The van der Waals surface area contributed by atoms with Crippen LogP contribution in [0.15, 0.2) is 60.8 Å². The van der Waals surface area contributed by atoms with E-state index in [9.17, 15) is 24.6 Å². The molecule has 0 radical (unpaired) electrons. The Morgan fingerprint density at radius 2 is 1.68 bits per heavy atom. The van der Waals surface area contributed by atoms with Crippen molar-refractivity contribution in [1.29, 1.82) is 0 Å². The second kappa shape index (κ2) is 7.92. The molecule has 0 bridgehead atoms. The number of ketones is 1. The number of para-hydroxylation sites is 1. The number of thiophene rings is 1. The van der Waals surface area contributed by atoms with Gasteiger partial charge in [-0.3, -0.25) is 4.79 Å². The van der Waals surface area contributed by atoms with Gasteiger partial charge in [0.2, 0.25) is 5.78 Å². The maximum absolute atomic E-state index is 13.3. The summed E-state index contributed by atoms with van der Waals surface area (Å²) in [6.45, 7) is 0. The number of carboxylic acids is 2. The molecule has 154 valence electrons. The van der Waals surface area contributed by atoms with Crippen molar-refractivity contribution in [3.63, 3.8) is 0 Å². The lowest BCUT2D eigenvalue weighted by Crippen LogP contribution is -1.98. The number of aromatic carboxylic acids is 1. The van der Waals surface area contributed by atoms with Gasteiger partial charge >= 0.3 is 11.9 Å². The van der Waals surface area contributed by atoms with Crippen LogP contribution >= 0.6 is 11.3 Å². The highest BCUT2D eigenvalue weighted by Crippen LogP contribution is 2.43. The molecule has 0 aliphatic carbocycles. The Morgan fingerprint density at radius 3 is 2.35 bits per heavy atom. The number of hydrogen-bond donors (Lipinski definition) is 4. The maximum atomic E-state index is 13.3. The summed E-state index contributed by atoms with van der Waals surface area (Å²) in [7, 11) is 0. The molecule has 4 aromatic rings. The average molecular weight is 433 g/mol. The van der Waals surface area contributed by atoms with Crippen LogP contribution in [-0.4, -0.2) is 38.0 Å². The predicted molar refractivity (Wildman–Crippen MR) is 117 cm³/mol. The molecule has 8 heteroatoms. The SMILES string of the molecule is O=C(O)/C=C/c1cccc2c(C(=O)c3sc(C(=O)O)c(-c4ccccc4)c3O)c[nH]c12. The Hall–Kier alpha value is -4.17. The molecule has 0 saturated heterocycles. The molecule has 0 aliphatic heterocycles. The summed E-state index contributed by atoms with van der Waals surface area (Å²) in [4.78, 5) is 38.6. The number of rotatable bonds is 6. The van der Waals surface area contributed by atoms with Crippen molar-refractivity contribution >= 4 is 46.0 Å². The molecule has 0 fully saturated rings. The molecule has 2 aromatic heterocycles. The van der Waals surface area contributed by atoms with E-state index in [1.54, 1.807) is 48.5 Å². The zero-order chi connectivity index (χ0) is 22.1. The number of nitrogens with one attached hydrogen (secondary N) is 1. The van der Waals surface area contributed by atoms with E-state index in [2.05, 4.69) is 4.98 Å². The predicted octanol–water partition coefficient (Wildman–Crippen LogP) is 4.63. The summed E-state index contributed by atoms with van der Waals surface area (Å²) in [5.41, 5.74) is 1.97. The van der Waals surface area contributed by atoms with Crippen molar-refractivity contribution in [2.45, 2.75) is 0 Å². The molecular formula is C23H15NO6S. The number of H-pyrrole nitrogens is 1. The Bertz CT molecular complexity index is 1360. The van der Waals surface area contributed by atoms with E-state index in [0.29, 0.717) is 22.0 Å². The fraction of sp³-hybridized carbons (Fsp3) is 0. The standard InChI is InChI=1S/C23H15NO6S/c25-16(26)10-9-13-7-4-8-14-15(11-24-18(13)14)19(27)22-20(28)17(21(31-22)23(29)30)12-5-2-1-3-6-12/h1-11,24,28H,(H,25,26)(H,29,30)/b10-9+. The largest absolute Gasteiger partial charge is 0.506 e. The number of benzene rings is 2. The monoisotopic (exact) mass is 433 g/mol. The minimum atomic E-state index is -1.24. The van der Waals surface area contributed by atoms with E-state index < -0.39 is 17.7 Å². The lowest BCUT2D eigenvalue weighted by Gasteiger charge is -2.02. The van der Waals surface area contributed by atoms with Gasteiger partial charge < -0.3 is 20.3 Å². The highest BCUT2D eigenvalue weighted by molar-refractivity contribution is 7.17. The molecule has 7 nitrogen and oxygen atoms in total. The van der Waals surface area contributed by atoms with E-state index in [-0.39, 0.29) is 26.6 Å². The van der Waals surface area contributed by atoms with Gasteiger partial charge in [0.1, 0.15) is 15.5 Å². The van der Waals surface area contributed by atoms with Gasteiger partial charge in [0.25, 0.3) is 0 Å². The van der Waals surface area contributed by atoms with Gasteiger partial charge in [0.05, 0.1) is 5.52 Å². The first-order valence-electron chi connectivity index (χ1n) is 9.08. The van der Waals surface area contributed by atoms with Crippen LogP contribution in [0.25, 0.3) is 28.1 Å². The zero-order valence-electron chi connectivity index (χ0n) is 15.8. The van der Waals surface area contributed by atoms with Crippen molar-refractivity contribution < 1.29 is 29.7 Å². The normalized spacial score (nSPS) is 11.2. The second-order valence-corrected chi connectivity index (χ2v) is 7.65. The van der Waals surface area contributed by atoms with E-state index in [1.807, 2.05) is 0 Å².